The van der Waals surface area contributed by atoms with E-state index >= 15 is 0 Å². The molecular formula is C25H33N7O6. The number of H-pyrrole nitrogens is 1. The molecule has 2 aromatic heterocycles. The zero-order valence-electron chi connectivity index (χ0n) is 21.3. The van der Waals surface area contributed by atoms with Gasteiger partial charge in [0.25, 0.3) is 0 Å². The van der Waals surface area contributed by atoms with Crippen LogP contribution in [-0.4, -0.2) is 81.4 Å². The normalized spacial score (nSPS) is 14.6. The number of nitrogens with one attached hydrogen (secondary N) is 2. The maximum Gasteiger partial charge on any atom is 0.327 e. The van der Waals surface area contributed by atoms with Crippen LogP contribution < -0.4 is 21.5 Å². The minimum absolute atomic E-state index is 0.0917. The molecule has 1 saturated heterocycles. The number of aliphatic carboxylic acids is 1. The molecule has 204 valence electrons. The van der Waals surface area contributed by atoms with Gasteiger partial charge in [-0.1, -0.05) is 12.1 Å². The number of nitrogen functional groups attached to an aromatic ring is 1. The van der Waals surface area contributed by atoms with E-state index in [2.05, 4.69) is 25.2 Å². The summed E-state index contributed by atoms with van der Waals surface area (Å²) in [5, 5.41) is 11.8. The molecule has 4 rings (SSSR count). The van der Waals surface area contributed by atoms with Gasteiger partial charge in [0.2, 0.25) is 5.91 Å². The summed E-state index contributed by atoms with van der Waals surface area (Å²) in [6.07, 6.45) is 2.50. The number of anilines is 2. The number of fused-ring (bicyclic) bond motifs is 1. The van der Waals surface area contributed by atoms with E-state index in [4.69, 9.17) is 20.3 Å². The van der Waals surface area contributed by atoms with E-state index in [-0.39, 0.29) is 43.0 Å². The highest BCUT2D eigenvalue weighted by Gasteiger charge is 2.22. The van der Waals surface area contributed by atoms with Gasteiger partial charge in [-0.15, -0.1) is 0 Å². The molecule has 5 N–H and O–H groups in total. The molecule has 38 heavy (non-hydrogen) atoms. The van der Waals surface area contributed by atoms with E-state index in [1.54, 1.807) is 35.9 Å². The van der Waals surface area contributed by atoms with Crippen molar-refractivity contribution in [3.8, 4) is 6.01 Å². The molecule has 1 aliphatic rings. The average molecular weight is 528 g/mol. The molecule has 0 aliphatic carbocycles. The van der Waals surface area contributed by atoms with Crippen molar-refractivity contribution < 1.29 is 24.2 Å². The summed E-state index contributed by atoms with van der Waals surface area (Å²) in [7, 11) is 1.57. The molecule has 0 atom stereocenters. The number of methoxy groups -OCH3 is 1. The Morgan fingerprint density at radius 1 is 1.24 bits per heavy atom. The van der Waals surface area contributed by atoms with Crippen LogP contribution in [-0.2, 0) is 27.3 Å². The lowest BCUT2D eigenvalue weighted by atomic mass is 9.93. The monoisotopic (exact) mass is 527 g/mol. The molecule has 1 amide bonds. The van der Waals surface area contributed by atoms with Crippen LogP contribution in [0.2, 0.25) is 0 Å². The number of likely N-dealkylation sites (tertiary alicyclic amines) is 1. The number of carboxylic acid groups (broad SMARTS) is 1. The first-order valence-corrected chi connectivity index (χ1v) is 12.5. The van der Waals surface area contributed by atoms with E-state index < -0.39 is 5.97 Å². The van der Waals surface area contributed by atoms with Gasteiger partial charge in [-0.2, -0.15) is 9.97 Å². The Morgan fingerprint density at radius 2 is 2.03 bits per heavy atom. The number of nitrogens with two attached hydrogens (primary N) is 1. The minimum atomic E-state index is -0.917. The standard InChI is InChI=1S/C25H33N7O6/c1-37-11-12-38-24-29-22(26)21-23(30-24)32(25(36)28-21)10-7-16-5-8-31(9-6-16)15-19(33)27-18-4-2-3-17(13-18)14-20(34)35/h2-4,13,16H,5-12,14-15H2,1H3,(H,27,33)(H,28,36)(H,34,35)(H2,26,29,30). The van der Waals surface area contributed by atoms with E-state index in [1.807, 2.05) is 0 Å². The van der Waals surface area contributed by atoms with Gasteiger partial charge in [0.05, 0.1) is 19.6 Å². The highest BCUT2D eigenvalue weighted by atomic mass is 16.5. The van der Waals surface area contributed by atoms with Crippen molar-refractivity contribution >= 4 is 34.5 Å². The van der Waals surface area contributed by atoms with Crippen LogP contribution in [0.5, 0.6) is 6.01 Å². The molecule has 1 aromatic carbocycles. The van der Waals surface area contributed by atoms with E-state index in [1.165, 1.54) is 0 Å². The summed E-state index contributed by atoms with van der Waals surface area (Å²) in [6.45, 7) is 2.93. The maximum absolute atomic E-state index is 12.6. The lowest BCUT2D eigenvalue weighted by Gasteiger charge is -2.31. The van der Waals surface area contributed by atoms with Crippen LogP contribution in [0.25, 0.3) is 11.2 Å². The average Bonchev–Trinajstić information content (AvgIpc) is 3.19. The van der Waals surface area contributed by atoms with E-state index in [9.17, 15) is 14.4 Å². The fourth-order valence-electron chi connectivity index (χ4n) is 4.60. The smallest absolute Gasteiger partial charge is 0.327 e. The molecule has 3 aromatic rings. The quantitative estimate of drug-likeness (QED) is 0.249. The van der Waals surface area contributed by atoms with Crippen LogP contribution in [0.4, 0.5) is 11.5 Å². The van der Waals surface area contributed by atoms with Crippen molar-refractivity contribution in [2.45, 2.75) is 32.2 Å². The number of rotatable bonds is 12. The van der Waals surface area contributed by atoms with Crippen LogP contribution >= 0.6 is 0 Å². The van der Waals surface area contributed by atoms with E-state index in [0.717, 1.165) is 32.4 Å². The van der Waals surface area contributed by atoms with Gasteiger partial charge >= 0.3 is 17.7 Å². The van der Waals surface area contributed by atoms with Crippen molar-refractivity contribution in [1.29, 1.82) is 0 Å². The number of piperidine rings is 1. The number of aromatic nitrogens is 4. The van der Waals surface area contributed by atoms with Gasteiger partial charge in [-0.25, -0.2) is 4.79 Å². The van der Waals surface area contributed by atoms with Crippen molar-refractivity contribution in [1.82, 2.24) is 24.4 Å². The van der Waals surface area contributed by atoms with Crippen molar-refractivity contribution in [3.63, 3.8) is 0 Å². The molecule has 13 nitrogen and oxygen atoms in total. The number of carboxylic acids is 1. The van der Waals surface area contributed by atoms with Gasteiger partial charge in [0.15, 0.2) is 11.5 Å². The Labute approximate surface area is 219 Å². The number of aromatic amines is 1. The first-order chi connectivity index (χ1) is 18.3. The first-order valence-electron chi connectivity index (χ1n) is 12.5. The maximum atomic E-state index is 12.6. The molecule has 3 heterocycles. The van der Waals surface area contributed by atoms with E-state index in [0.29, 0.717) is 41.5 Å². The number of amides is 1. The Kier molecular flexibility index (Phi) is 8.92. The third-order valence-electron chi connectivity index (χ3n) is 6.55. The fraction of sp³-hybridized carbons (Fsp3) is 0.480. The van der Waals surface area contributed by atoms with Crippen molar-refractivity contribution in [2.75, 3.05) is 51.0 Å². The highest BCUT2D eigenvalue weighted by Crippen LogP contribution is 2.23. The number of benzene rings is 1. The van der Waals surface area contributed by atoms with Gasteiger partial charge in [0, 0.05) is 19.3 Å². The number of imidazole rings is 1. The second-order valence-corrected chi connectivity index (χ2v) is 9.34. The summed E-state index contributed by atoms with van der Waals surface area (Å²) in [6, 6.07) is 6.97. The number of hydrogen-bond acceptors (Lipinski definition) is 9. The summed E-state index contributed by atoms with van der Waals surface area (Å²) < 4.78 is 12.0. The predicted molar refractivity (Wildman–Crippen MR) is 140 cm³/mol. The summed E-state index contributed by atoms with van der Waals surface area (Å²) >= 11 is 0. The number of aryl methyl sites for hydroxylation is 1. The molecule has 1 aliphatic heterocycles. The SMILES string of the molecule is COCCOc1nc(N)c2[nH]c(=O)n(CCC3CCN(CC(=O)Nc4cccc(CC(=O)O)c4)CC3)c2n1. The van der Waals surface area contributed by atoms with Crippen LogP contribution in [0, 0.1) is 5.92 Å². The summed E-state index contributed by atoms with van der Waals surface area (Å²) in [5.74, 6) is -0.504. The number of nitrogens with zero attached hydrogens (tertiary/aromatic N) is 4. The highest BCUT2D eigenvalue weighted by molar-refractivity contribution is 5.92. The molecule has 0 radical (unpaired) electrons. The van der Waals surface area contributed by atoms with Gasteiger partial charge in [0.1, 0.15) is 12.1 Å². The molecule has 0 spiro atoms. The Morgan fingerprint density at radius 3 is 2.76 bits per heavy atom. The number of ether oxygens (including phenoxy) is 2. The zero-order chi connectivity index (χ0) is 27.1. The molecule has 1 fully saturated rings. The topological polar surface area (TPSA) is 178 Å². The Hall–Kier alpha value is -3.97. The van der Waals surface area contributed by atoms with Crippen LogP contribution in [0.1, 0.15) is 24.8 Å². The Balaban J connectivity index is 1.27. The van der Waals surface area contributed by atoms with Crippen LogP contribution in [0.3, 0.4) is 0 Å². The molecular weight excluding hydrogens is 494 g/mol. The Bertz CT molecular complexity index is 1330. The number of carbonyl (C=O) groups excluding carboxylic acids is 1. The predicted octanol–water partition coefficient (Wildman–Crippen LogP) is 1.09. The van der Waals surface area contributed by atoms with Crippen molar-refractivity contribution in [3.05, 3.63) is 40.3 Å². The number of hydrogen-bond donors (Lipinski definition) is 4. The second-order valence-electron chi connectivity index (χ2n) is 9.34. The molecule has 0 unspecified atom stereocenters. The van der Waals surface area contributed by atoms with Gasteiger partial charge < -0.3 is 30.6 Å². The van der Waals surface area contributed by atoms with Crippen molar-refractivity contribution in [2.24, 2.45) is 5.92 Å². The first kappa shape index (κ1) is 27.1. The third kappa shape index (κ3) is 7.07. The van der Waals surface area contributed by atoms with Crippen LogP contribution in [0.15, 0.2) is 29.1 Å². The lowest BCUT2D eigenvalue weighted by molar-refractivity contribution is -0.136. The van der Waals surface area contributed by atoms with Gasteiger partial charge in [-0.05, 0) is 56.0 Å². The summed E-state index contributed by atoms with van der Waals surface area (Å²) in [4.78, 5) is 49.3. The summed E-state index contributed by atoms with van der Waals surface area (Å²) in [5.41, 5.74) is 7.74. The minimum Gasteiger partial charge on any atom is -0.481 e. The molecule has 13 heteroatoms. The largest absolute Gasteiger partial charge is 0.481 e. The zero-order valence-corrected chi connectivity index (χ0v) is 21.3. The molecule has 0 saturated carbocycles. The second kappa shape index (κ2) is 12.5. The van der Waals surface area contributed by atoms with Gasteiger partial charge in [-0.3, -0.25) is 19.1 Å². The number of carbonyl (C=O) groups is 2. The fourth-order valence-corrected chi connectivity index (χ4v) is 4.60. The third-order valence-corrected chi connectivity index (χ3v) is 6.55. The molecule has 0 bridgehead atoms. The lowest BCUT2D eigenvalue weighted by Crippen LogP contribution is -2.39.